The zero-order chi connectivity index (χ0) is 18.5. The van der Waals surface area contributed by atoms with Gasteiger partial charge in [-0.15, -0.1) is 11.8 Å². The highest BCUT2D eigenvalue weighted by molar-refractivity contribution is 8.00. The first-order valence-electron chi connectivity index (χ1n) is 8.23. The summed E-state index contributed by atoms with van der Waals surface area (Å²) in [5, 5.41) is 5.26. The number of nitrogens with zero attached hydrogens (tertiary/aromatic N) is 2. The van der Waals surface area contributed by atoms with Crippen LogP contribution >= 0.6 is 11.8 Å². The second kappa shape index (κ2) is 8.10. The molecule has 0 radical (unpaired) electrons. The molecular weight excluding hydrogens is 346 g/mol. The lowest BCUT2D eigenvalue weighted by atomic mass is 10.1. The Kier molecular flexibility index (Phi) is 5.63. The Hall–Kier alpha value is -2.73. The zero-order valence-corrected chi connectivity index (χ0v) is 15.8. The number of carbonyl (C=O) groups is 1. The van der Waals surface area contributed by atoms with Gasteiger partial charge in [-0.2, -0.15) is 5.10 Å². The molecule has 5 nitrogen and oxygen atoms in total. The molecule has 0 aliphatic heterocycles. The van der Waals surface area contributed by atoms with Gasteiger partial charge in [0.25, 0.3) is 0 Å². The van der Waals surface area contributed by atoms with E-state index in [2.05, 4.69) is 27.2 Å². The number of nitrogens with one attached hydrogen (secondary N) is 1. The number of carbonyl (C=O) groups excluding carboxylic acids is 1. The second-order valence-corrected chi connectivity index (χ2v) is 6.88. The van der Waals surface area contributed by atoms with Crippen LogP contribution in [0.3, 0.4) is 0 Å². The third-order valence-corrected chi connectivity index (χ3v) is 5.27. The lowest BCUT2D eigenvalue weighted by Gasteiger charge is -2.03. The molecule has 0 unspecified atom stereocenters. The number of ether oxygens (including phenoxy) is 1. The average molecular weight is 367 g/mol. The molecule has 3 rings (SSSR count). The lowest BCUT2D eigenvalue weighted by molar-refractivity contribution is -0.118. The summed E-state index contributed by atoms with van der Waals surface area (Å²) < 4.78 is 7.25. The van der Waals surface area contributed by atoms with E-state index in [4.69, 9.17) is 4.74 Å². The standard InChI is InChI=1S/C20H21N3O2S/c1-14-18(17-6-4-5-7-19(17)23(14)2)12-21-22-20(24)13-26-16-10-8-15(25-3)9-11-16/h4-12H,13H2,1-3H3,(H,22,24)/b21-12-. The minimum absolute atomic E-state index is 0.139. The maximum atomic E-state index is 12.0. The number of hydrazone groups is 1. The van der Waals surface area contributed by atoms with Gasteiger partial charge in [-0.1, -0.05) is 18.2 Å². The summed E-state index contributed by atoms with van der Waals surface area (Å²) in [5.41, 5.74) is 5.87. The van der Waals surface area contributed by atoms with Gasteiger partial charge in [-0.25, -0.2) is 5.43 Å². The van der Waals surface area contributed by atoms with E-state index < -0.39 is 0 Å². The van der Waals surface area contributed by atoms with E-state index in [0.29, 0.717) is 5.75 Å². The maximum Gasteiger partial charge on any atom is 0.250 e. The number of para-hydroxylation sites is 1. The van der Waals surface area contributed by atoms with Crippen molar-refractivity contribution in [3.05, 3.63) is 59.8 Å². The highest BCUT2D eigenvalue weighted by Crippen LogP contribution is 2.23. The third kappa shape index (κ3) is 3.91. The number of aromatic nitrogens is 1. The third-order valence-electron chi connectivity index (χ3n) is 4.26. The van der Waals surface area contributed by atoms with Crippen LogP contribution in [0.4, 0.5) is 0 Å². The summed E-state index contributed by atoms with van der Waals surface area (Å²) in [6.45, 7) is 2.04. The number of fused-ring (bicyclic) bond motifs is 1. The Morgan fingerprint density at radius 3 is 2.69 bits per heavy atom. The Morgan fingerprint density at radius 1 is 1.23 bits per heavy atom. The number of benzene rings is 2. The Balaban J connectivity index is 1.60. The van der Waals surface area contributed by atoms with Crippen molar-refractivity contribution in [2.24, 2.45) is 12.1 Å². The van der Waals surface area contributed by atoms with E-state index in [0.717, 1.165) is 32.8 Å². The van der Waals surface area contributed by atoms with Crippen molar-refractivity contribution in [1.82, 2.24) is 9.99 Å². The van der Waals surface area contributed by atoms with E-state index in [1.807, 2.05) is 50.4 Å². The van der Waals surface area contributed by atoms with E-state index in [1.165, 1.54) is 11.8 Å². The molecule has 0 fully saturated rings. The largest absolute Gasteiger partial charge is 0.497 e. The van der Waals surface area contributed by atoms with Gasteiger partial charge in [-0.3, -0.25) is 4.79 Å². The molecule has 6 heteroatoms. The fraction of sp³-hybridized carbons (Fsp3) is 0.200. The SMILES string of the molecule is COc1ccc(SCC(=O)N/N=C\c2c(C)n(C)c3ccccc23)cc1. The van der Waals surface area contributed by atoms with Gasteiger partial charge in [0.1, 0.15) is 5.75 Å². The first-order chi connectivity index (χ1) is 12.6. The number of methoxy groups -OCH3 is 1. The van der Waals surface area contributed by atoms with Gasteiger partial charge >= 0.3 is 0 Å². The van der Waals surface area contributed by atoms with Crippen LogP contribution in [0.5, 0.6) is 5.75 Å². The second-order valence-electron chi connectivity index (χ2n) is 5.83. The molecule has 1 amide bonds. The molecular formula is C20H21N3O2S. The highest BCUT2D eigenvalue weighted by Gasteiger charge is 2.09. The van der Waals surface area contributed by atoms with Crippen molar-refractivity contribution in [2.75, 3.05) is 12.9 Å². The molecule has 0 saturated carbocycles. The van der Waals surface area contributed by atoms with E-state index in [1.54, 1.807) is 13.3 Å². The fourth-order valence-corrected chi connectivity index (χ4v) is 3.43. The topological polar surface area (TPSA) is 55.6 Å². The van der Waals surface area contributed by atoms with Gasteiger partial charge in [0.05, 0.1) is 19.1 Å². The van der Waals surface area contributed by atoms with Crippen molar-refractivity contribution < 1.29 is 9.53 Å². The molecule has 26 heavy (non-hydrogen) atoms. The number of hydrogen-bond acceptors (Lipinski definition) is 4. The quantitative estimate of drug-likeness (QED) is 0.410. The molecule has 134 valence electrons. The maximum absolute atomic E-state index is 12.0. The summed E-state index contributed by atoms with van der Waals surface area (Å²) in [4.78, 5) is 13.0. The van der Waals surface area contributed by atoms with Crippen molar-refractivity contribution in [2.45, 2.75) is 11.8 Å². The van der Waals surface area contributed by atoms with E-state index >= 15 is 0 Å². The van der Waals surface area contributed by atoms with Crippen LogP contribution < -0.4 is 10.2 Å². The molecule has 1 aromatic heterocycles. The highest BCUT2D eigenvalue weighted by atomic mass is 32.2. The monoisotopic (exact) mass is 367 g/mol. The van der Waals surface area contributed by atoms with Crippen LogP contribution in [-0.4, -0.2) is 29.6 Å². The molecule has 1 N–H and O–H groups in total. The summed E-state index contributed by atoms with van der Waals surface area (Å²) in [6, 6.07) is 15.8. The fourth-order valence-electron chi connectivity index (χ4n) is 2.74. The first-order valence-corrected chi connectivity index (χ1v) is 9.21. The number of hydrogen-bond donors (Lipinski definition) is 1. The molecule has 0 bridgehead atoms. The summed E-state index contributed by atoms with van der Waals surface area (Å²) in [5.74, 6) is 0.965. The van der Waals surface area contributed by atoms with Crippen molar-refractivity contribution in [1.29, 1.82) is 0 Å². The van der Waals surface area contributed by atoms with Crippen LogP contribution in [0.2, 0.25) is 0 Å². The molecule has 0 aliphatic carbocycles. The number of rotatable bonds is 6. The first kappa shape index (κ1) is 18.1. The molecule has 0 atom stereocenters. The molecule has 0 spiro atoms. The lowest BCUT2D eigenvalue weighted by Crippen LogP contribution is -2.19. The van der Waals surface area contributed by atoms with Gasteiger partial charge in [0.15, 0.2) is 0 Å². The van der Waals surface area contributed by atoms with Crippen LogP contribution in [0.15, 0.2) is 58.5 Å². The van der Waals surface area contributed by atoms with Gasteiger partial charge in [-0.05, 0) is 37.3 Å². The van der Waals surface area contributed by atoms with Crippen molar-refractivity contribution in [3.63, 3.8) is 0 Å². The normalized spacial score (nSPS) is 11.2. The molecule has 0 aliphatic rings. The van der Waals surface area contributed by atoms with Crippen LogP contribution in [0.1, 0.15) is 11.3 Å². The predicted molar refractivity (Wildman–Crippen MR) is 107 cm³/mol. The van der Waals surface area contributed by atoms with Crippen molar-refractivity contribution in [3.8, 4) is 5.75 Å². The van der Waals surface area contributed by atoms with Crippen LogP contribution in [0.25, 0.3) is 10.9 Å². The van der Waals surface area contributed by atoms with Gasteiger partial charge in [0, 0.05) is 34.1 Å². The predicted octanol–water partition coefficient (Wildman–Crippen LogP) is 3.74. The van der Waals surface area contributed by atoms with E-state index in [9.17, 15) is 4.79 Å². The number of thioether (sulfide) groups is 1. The Bertz CT molecular complexity index is 946. The average Bonchev–Trinajstić information content (AvgIpc) is 2.92. The molecule has 1 heterocycles. The minimum atomic E-state index is -0.139. The molecule has 0 saturated heterocycles. The van der Waals surface area contributed by atoms with Gasteiger partial charge < -0.3 is 9.30 Å². The molecule has 2 aromatic carbocycles. The summed E-state index contributed by atoms with van der Waals surface area (Å²) >= 11 is 1.46. The van der Waals surface area contributed by atoms with E-state index in [-0.39, 0.29) is 5.91 Å². The smallest absolute Gasteiger partial charge is 0.250 e. The van der Waals surface area contributed by atoms with Gasteiger partial charge in [0.2, 0.25) is 5.91 Å². The number of aryl methyl sites for hydroxylation is 1. The van der Waals surface area contributed by atoms with Crippen LogP contribution in [-0.2, 0) is 11.8 Å². The van der Waals surface area contributed by atoms with Crippen LogP contribution in [0, 0.1) is 6.92 Å². The minimum Gasteiger partial charge on any atom is -0.497 e. The molecule has 3 aromatic rings. The summed E-state index contributed by atoms with van der Waals surface area (Å²) in [7, 11) is 3.66. The zero-order valence-electron chi connectivity index (χ0n) is 15.0. The van der Waals surface area contributed by atoms with Crippen molar-refractivity contribution >= 4 is 34.8 Å². The summed E-state index contributed by atoms with van der Waals surface area (Å²) in [6.07, 6.45) is 1.72. The Labute approximate surface area is 157 Å². The Morgan fingerprint density at radius 2 is 1.96 bits per heavy atom. The number of amides is 1.